The van der Waals surface area contributed by atoms with Crippen LogP contribution >= 0.6 is 0 Å². The first-order chi connectivity index (χ1) is 19.1. The van der Waals surface area contributed by atoms with Gasteiger partial charge in [0.1, 0.15) is 0 Å². The van der Waals surface area contributed by atoms with E-state index in [1.807, 2.05) is 32.8 Å². The van der Waals surface area contributed by atoms with Gasteiger partial charge in [0.15, 0.2) is 11.6 Å². The molecule has 2 amide bonds. The number of ether oxygens (including phenoxy) is 1. The summed E-state index contributed by atoms with van der Waals surface area (Å²) in [7, 11) is 5.23. The molecule has 0 aliphatic carbocycles. The summed E-state index contributed by atoms with van der Waals surface area (Å²) in [5, 5.41) is 9.01. The van der Waals surface area contributed by atoms with E-state index in [1.54, 1.807) is 36.7 Å². The van der Waals surface area contributed by atoms with Crippen LogP contribution in [0.25, 0.3) is 11.3 Å². The number of rotatable bonds is 8. The van der Waals surface area contributed by atoms with Gasteiger partial charge in [0, 0.05) is 49.2 Å². The van der Waals surface area contributed by atoms with Crippen molar-refractivity contribution in [1.29, 1.82) is 0 Å². The van der Waals surface area contributed by atoms with Crippen LogP contribution in [0.15, 0.2) is 48.8 Å². The van der Waals surface area contributed by atoms with E-state index in [-0.39, 0.29) is 17.6 Å². The molecular weight excluding hydrogens is 511 g/mol. The minimum atomic E-state index is -0.836. The van der Waals surface area contributed by atoms with Gasteiger partial charge in [-0.15, -0.1) is 0 Å². The van der Waals surface area contributed by atoms with Crippen LogP contribution in [0, 0.1) is 17.7 Å². The second-order valence-corrected chi connectivity index (χ2v) is 10.1. The molecule has 4 rings (SSSR count). The van der Waals surface area contributed by atoms with Gasteiger partial charge in [-0.2, -0.15) is 0 Å². The lowest BCUT2D eigenvalue weighted by molar-refractivity contribution is -0.117. The third kappa shape index (κ3) is 6.50. The first-order valence-electron chi connectivity index (χ1n) is 12.8. The van der Waals surface area contributed by atoms with Crippen LogP contribution < -0.4 is 20.7 Å². The molecule has 1 aliphatic rings. The van der Waals surface area contributed by atoms with E-state index in [0.717, 1.165) is 5.69 Å². The summed E-state index contributed by atoms with van der Waals surface area (Å²) < 4.78 is 19.8. The monoisotopic (exact) mass is 544 g/mol. The lowest BCUT2D eigenvalue weighted by Gasteiger charge is -2.19. The van der Waals surface area contributed by atoms with Crippen LogP contribution in [0.4, 0.5) is 15.8 Å². The molecule has 3 heterocycles. The highest BCUT2D eigenvalue weighted by molar-refractivity contribution is 6.06. The quantitative estimate of drug-likeness (QED) is 0.255. The number of anilines is 2. The van der Waals surface area contributed by atoms with Gasteiger partial charge < -0.3 is 30.6 Å². The van der Waals surface area contributed by atoms with Crippen LogP contribution in [0.3, 0.4) is 0 Å². The zero-order chi connectivity index (χ0) is 28.9. The third-order valence-corrected chi connectivity index (χ3v) is 6.17. The van der Waals surface area contributed by atoms with Crippen molar-refractivity contribution in [3.8, 4) is 28.8 Å². The Morgan fingerprint density at radius 3 is 2.85 bits per heavy atom. The number of para-hydroxylation sites is 1. The summed E-state index contributed by atoms with van der Waals surface area (Å²) in [5.74, 6) is 5.30. The molecule has 0 fully saturated rings. The normalized spacial score (nSPS) is 12.9. The molecule has 1 aliphatic heterocycles. The maximum atomic E-state index is 14.5. The summed E-state index contributed by atoms with van der Waals surface area (Å²) in [4.78, 5) is 34.9. The Kier molecular flexibility index (Phi) is 8.55. The highest BCUT2D eigenvalue weighted by Crippen LogP contribution is 2.40. The maximum absolute atomic E-state index is 14.5. The van der Waals surface area contributed by atoms with Crippen molar-refractivity contribution in [2.45, 2.75) is 25.8 Å². The summed E-state index contributed by atoms with van der Waals surface area (Å²) in [5.41, 5.74) is 3.09. The molecule has 0 unspecified atom stereocenters. The number of nitrogens with one attached hydrogen (secondary N) is 4. The van der Waals surface area contributed by atoms with Crippen LogP contribution in [0.2, 0.25) is 0 Å². The van der Waals surface area contributed by atoms with Gasteiger partial charge in [0.2, 0.25) is 5.91 Å². The Bertz CT molecular complexity index is 1510. The number of pyridine rings is 1. The fourth-order valence-electron chi connectivity index (χ4n) is 4.34. The van der Waals surface area contributed by atoms with Gasteiger partial charge in [-0.25, -0.2) is 4.39 Å². The number of likely N-dealkylation sites (N-methyl/N-ethyl adjacent to an activating group) is 1. The molecule has 208 valence electrons. The molecule has 3 aromatic rings. The molecule has 0 bridgehead atoms. The molecule has 2 aromatic heterocycles. The SMILES string of the molecule is COc1c(F)cccc1Nc1c(-c2ccncc2C#CC(C)(C)NC(=O)/C=C/CN(C)C)[nH]c2c1C(=O)NCC2. The molecular formula is C30H33FN6O3. The topological polar surface area (TPSA) is 111 Å². The summed E-state index contributed by atoms with van der Waals surface area (Å²) >= 11 is 0. The highest BCUT2D eigenvalue weighted by atomic mass is 19.1. The average molecular weight is 545 g/mol. The lowest BCUT2D eigenvalue weighted by atomic mass is 10.0. The van der Waals surface area contributed by atoms with Gasteiger partial charge >= 0.3 is 0 Å². The number of amides is 2. The molecule has 0 atom stereocenters. The number of hydrogen-bond acceptors (Lipinski definition) is 6. The van der Waals surface area contributed by atoms with E-state index in [9.17, 15) is 14.0 Å². The van der Waals surface area contributed by atoms with Crippen LogP contribution in [-0.4, -0.2) is 66.5 Å². The molecule has 0 spiro atoms. The Balaban J connectivity index is 1.73. The number of fused-ring (bicyclic) bond motifs is 1. The molecule has 0 radical (unpaired) electrons. The fraction of sp³-hybridized carbons (Fsp3) is 0.300. The minimum Gasteiger partial charge on any atom is -0.492 e. The molecule has 10 heteroatoms. The molecule has 4 N–H and O–H groups in total. The largest absolute Gasteiger partial charge is 0.492 e. The van der Waals surface area contributed by atoms with E-state index in [1.165, 1.54) is 19.3 Å². The van der Waals surface area contributed by atoms with Crippen LogP contribution in [0.5, 0.6) is 5.75 Å². The van der Waals surface area contributed by atoms with Crippen LogP contribution in [0.1, 0.15) is 35.5 Å². The number of carbonyl (C=O) groups is 2. The van der Waals surface area contributed by atoms with Crippen molar-refractivity contribution in [3.05, 3.63) is 71.4 Å². The van der Waals surface area contributed by atoms with Gasteiger partial charge in [0.05, 0.1) is 40.8 Å². The number of aromatic amines is 1. The second kappa shape index (κ2) is 12.1. The van der Waals surface area contributed by atoms with Crippen molar-refractivity contribution < 1.29 is 18.7 Å². The first kappa shape index (κ1) is 28.4. The van der Waals surface area contributed by atoms with Gasteiger partial charge in [-0.1, -0.05) is 24.0 Å². The highest BCUT2D eigenvalue weighted by Gasteiger charge is 2.28. The minimum absolute atomic E-state index is 0.0338. The molecule has 9 nitrogen and oxygen atoms in total. The Labute approximate surface area is 233 Å². The standard InChI is InChI=1S/C30H33FN6O3/c1-30(2,36-24(38)10-7-17-37(3)4)14-11-19-18-32-15-12-20(19)26-27(25-22(34-26)13-16-33-29(25)39)35-23-9-6-8-21(31)28(23)40-5/h6-10,12,15,18,34-35H,13,16-17H2,1-5H3,(H,33,39)(H,36,38)/b10-7+. The third-order valence-electron chi connectivity index (χ3n) is 6.17. The van der Waals surface area contributed by atoms with Crippen LogP contribution in [-0.2, 0) is 11.2 Å². The molecule has 40 heavy (non-hydrogen) atoms. The fourth-order valence-corrected chi connectivity index (χ4v) is 4.34. The Morgan fingerprint density at radius 2 is 2.10 bits per heavy atom. The van der Waals surface area contributed by atoms with E-state index >= 15 is 0 Å². The maximum Gasteiger partial charge on any atom is 0.255 e. The molecule has 0 saturated heterocycles. The number of hydrogen-bond donors (Lipinski definition) is 4. The second-order valence-electron chi connectivity index (χ2n) is 10.1. The van der Waals surface area contributed by atoms with Crippen molar-refractivity contribution in [3.63, 3.8) is 0 Å². The van der Waals surface area contributed by atoms with E-state index in [2.05, 4.69) is 37.8 Å². The Hall–Kier alpha value is -4.62. The number of methoxy groups -OCH3 is 1. The van der Waals surface area contributed by atoms with E-state index < -0.39 is 11.4 Å². The zero-order valence-corrected chi connectivity index (χ0v) is 23.2. The number of benzene rings is 1. The Morgan fingerprint density at radius 1 is 1.30 bits per heavy atom. The summed E-state index contributed by atoms with van der Waals surface area (Å²) in [6, 6.07) is 6.34. The number of H-pyrrole nitrogens is 1. The van der Waals surface area contributed by atoms with E-state index in [0.29, 0.717) is 53.3 Å². The number of halogens is 1. The van der Waals surface area contributed by atoms with Crippen molar-refractivity contribution in [2.75, 3.05) is 39.6 Å². The van der Waals surface area contributed by atoms with Gasteiger partial charge in [0.25, 0.3) is 5.91 Å². The smallest absolute Gasteiger partial charge is 0.255 e. The van der Waals surface area contributed by atoms with Crippen molar-refractivity contribution >= 4 is 23.2 Å². The van der Waals surface area contributed by atoms with Gasteiger partial charge in [-0.3, -0.25) is 14.6 Å². The predicted octanol–water partition coefficient (Wildman–Crippen LogP) is 3.62. The molecule has 0 saturated carbocycles. The number of nitrogens with zero attached hydrogens (tertiary/aromatic N) is 2. The average Bonchev–Trinajstić information content (AvgIpc) is 3.26. The zero-order valence-electron chi connectivity index (χ0n) is 23.2. The first-order valence-corrected chi connectivity index (χ1v) is 12.8. The summed E-state index contributed by atoms with van der Waals surface area (Å²) in [6.07, 6.45) is 7.14. The number of aromatic nitrogens is 2. The lowest BCUT2D eigenvalue weighted by Crippen LogP contribution is -2.41. The van der Waals surface area contributed by atoms with Crippen molar-refractivity contribution in [1.82, 2.24) is 25.5 Å². The molecule has 1 aromatic carbocycles. The number of carbonyl (C=O) groups excluding carboxylic acids is 2. The van der Waals surface area contributed by atoms with E-state index in [4.69, 9.17) is 4.74 Å². The van der Waals surface area contributed by atoms with Crippen molar-refractivity contribution in [2.24, 2.45) is 0 Å². The summed E-state index contributed by atoms with van der Waals surface area (Å²) in [6.45, 7) is 4.77. The van der Waals surface area contributed by atoms with Gasteiger partial charge in [-0.05, 0) is 46.1 Å². The predicted molar refractivity (Wildman–Crippen MR) is 153 cm³/mol.